The zero-order valence-corrected chi connectivity index (χ0v) is 12.3. The van der Waals surface area contributed by atoms with Gasteiger partial charge in [-0.3, -0.25) is 4.79 Å². The van der Waals surface area contributed by atoms with Crippen LogP contribution in [0.5, 0.6) is 0 Å². The molecule has 0 amide bonds. The van der Waals surface area contributed by atoms with Crippen LogP contribution in [0.4, 0.5) is 0 Å². The van der Waals surface area contributed by atoms with Gasteiger partial charge in [0.1, 0.15) is 6.04 Å². The first kappa shape index (κ1) is 13.8. The smallest absolute Gasteiger partial charge is 0.328 e. The van der Waals surface area contributed by atoms with Crippen LogP contribution in [0.3, 0.4) is 0 Å². The van der Waals surface area contributed by atoms with Crippen LogP contribution in [0.1, 0.15) is 29.7 Å². The zero-order chi connectivity index (χ0) is 14.0. The zero-order valence-electron chi connectivity index (χ0n) is 10.7. The highest BCUT2D eigenvalue weighted by Gasteiger charge is 2.22. The SMILES string of the molecule is CCC(C(=O)OC)n1cc(C=O)c2cc(Br)ccc21. The second-order valence-electron chi connectivity index (χ2n) is 4.22. The molecule has 5 heteroatoms. The number of nitrogens with zero attached hydrogens (tertiary/aromatic N) is 1. The van der Waals surface area contributed by atoms with Crippen LogP contribution in [0.15, 0.2) is 28.9 Å². The number of aromatic nitrogens is 1. The van der Waals surface area contributed by atoms with Crippen molar-refractivity contribution in [2.75, 3.05) is 7.11 Å². The molecule has 0 fully saturated rings. The standard InChI is InChI=1S/C14H14BrNO3/c1-3-12(14(18)19-2)16-7-9(8-17)11-6-10(15)4-5-13(11)16/h4-8,12H,3H2,1-2H3. The molecular formula is C14H14BrNO3. The summed E-state index contributed by atoms with van der Waals surface area (Å²) >= 11 is 3.38. The Hall–Kier alpha value is -1.62. The van der Waals surface area contributed by atoms with Crippen LogP contribution in [0.2, 0.25) is 0 Å². The lowest BCUT2D eigenvalue weighted by Gasteiger charge is -2.15. The Morgan fingerprint density at radius 2 is 2.26 bits per heavy atom. The van der Waals surface area contributed by atoms with E-state index in [4.69, 9.17) is 4.74 Å². The third kappa shape index (κ3) is 2.42. The van der Waals surface area contributed by atoms with E-state index in [1.165, 1.54) is 7.11 Å². The molecule has 0 N–H and O–H groups in total. The number of carbonyl (C=O) groups excluding carboxylic acids is 2. The molecule has 0 saturated heterocycles. The second-order valence-corrected chi connectivity index (χ2v) is 5.13. The van der Waals surface area contributed by atoms with Crippen LogP contribution in [-0.2, 0) is 9.53 Å². The van der Waals surface area contributed by atoms with Gasteiger partial charge in [0, 0.05) is 27.1 Å². The molecule has 1 aromatic carbocycles. The number of methoxy groups -OCH3 is 1. The van der Waals surface area contributed by atoms with Gasteiger partial charge in [-0.1, -0.05) is 22.9 Å². The third-order valence-corrected chi connectivity index (χ3v) is 3.64. The Morgan fingerprint density at radius 1 is 1.53 bits per heavy atom. The van der Waals surface area contributed by atoms with Crippen LogP contribution >= 0.6 is 15.9 Å². The first-order valence-electron chi connectivity index (χ1n) is 5.95. The third-order valence-electron chi connectivity index (χ3n) is 3.15. The van der Waals surface area contributed by atoms with Gasteiger partial charge in [-0.15, -0.1) is 0 Å². The molecule has 0 bridgehead atoms. The Morgan fingerprint density at radius 3 is 2.84 bits per heavy atom. The molecule has 0 aliphatic rings. The van der Waals surface area contributed by atoms with Gasteiger partial charge >= 0.3 is 5.97 Å². The van der Waals surface area contributed by atoms with E-state index >= 15 is 0 Å². The van der Waals surface area contributed by atoms with Crippen LogP contribution < -0.4 is 0 Å². The van der Waals surface area contributed by atoms with Crippen LogP contribution in [0.25, 0.3) is 10.9 Å². The molecule has 19 heavy (non-hydrogen) atoms. The van der Waals surface area contributed by atoms with E-state index in [0.29, 0.717) is 12.0 Å². The number of esters is 1. The van der Waals surface area contributed by atoms with Gasteiger partial charge in [0.2, 0.25) is 0 Å². The molecular weight excluding hydrogens is 310 g/mol. The molecule has 0 spiro atoms. The lowest BCUT2D eigenvalue weighted by Crippen LogP contribution is -2.19. The van der Waals surface area contributed by atoms with Gasteiger partial charge < -0.3 is 9.30 Å². The van der Waals surface area contributed by atoms with Gasteiger partial charge in [0.15, 0.2) is 6.29 Å². The molecule has 0 saturated carbocycles. The number of hydrogen-bond acceptors (Lipinski definition) is 3. The maximum Gasteiger partial charge on any atom is 0.328 e. The fourth-order valence-electron chi connectivity index (χ4n) is 2.22. The van der Waals surface area contributed by atoms with Crippen molar-refractivity contribution in [1.82, 2.24) is 4.57 Å². The van der Waals surface area contributed by atoms with Crippen LogP contribution in [0, 0.1) is 0 Å². The summed E-state index contributed by atoms with van der Waals surface area (Å²) in [6.45, 7) is 1.91. The van der Waals surface area contributed by atoms with E-state index < -0.39 is 6.04 Å². The van der Waals surface area contributed by atoms with E-state index in [9.17, 15) is 9.59 Å². The molecule has 4 nitrogen and oxygen atoms in total. The molecule has 1 unspecified atom stereocenters. The average Bonchev–Trinajstić information content (AvgIpc) is 2.77. The maximum absolute atomic E-state index is 11.8. The quantitative estimate of drug-likeness (QED) is 0.640. The van der Waals surface area contributed by atoms with Gasteiger partial charge in [-0.2, -0.15) is 0 Å². The number of ether oxygens (including phenoxy) is 1. The number of halogens is 1. The first-order chi connectivity index (χ1) is 9.12. The summed E-state index contributed by atoms with van der Waals surface area (Å²) in [5.41, 5.74) is 1.42. The first-order valence-corrected chi connectivity index (χ1v) is 6.74. The molecule has 1 atom stereocenters. The van der Waals surface area contributed by atoms with E-state index in [0.717, 1.165) is 21.7 Å². The minimum atomic E-state index is -0.414. The number of fused-ring (bicyclic) bond motifs is 1. The van der Waals surface area contributed by atoms with Crippen molar-refractivity contribution in [2.24, 2.45) is 0 Å². The van der Waals surface area contributed by atoms with Crippen LogP contribution in [-0.4, -0.2) is 23.9 Å². The molecule has 1 heterocycles. The molecule has 0 aliphatic heterocycles. The van der Waals surface area contributed by atoms with Crippen molar-refractivity contribution in [2.45, 2.75) is 19.4 Å². The average molecular weight is 324 g/mol. The fourth-order valence-corrected chi connectivity index (χ4v) is 2.58. The normalized spacial score (nSPS) is 12.4. The Kier molecular flexibility index (Phi) is 4.04. The van der Waals surface area contributed by atoms with Crippen molar-refractivity contribution in [1.29, 1.82) is 0 Å². The molecule has 0 aliphatic carbocycles. The maximum atomic E-state index is 11.8. The summed E-state index contributed by atoms with van der Waals surface area (Å²) in [7, 11) is 1.37. The predicted molar refractivity (Wildman–Crippen MR) is 76.4 cm³/mol. The van der Waals surface area contributed by atoms with Crippen molar-refractivity contribution < 1.29 is 14.3 Å². The molecule has 2 aromatic rings. The highest BCUT2D eigenvalue weighted by Crippen LogP contribution is 2.28. The largest absolute Gasteiger partial charge is 0.467 e. The lowest BCUT2D eigenvalue weighted by molar-refractivity contribution is -0.144. The van der Waals surface area contributed by atoms with Gasteiger partial charge in [0.25, 0.3) is 0 Å². The second kappa shape index (κ2) is 5.57. The Balaban J connectivity index is 2.66. The summed E-state index contributed by atoms with van der Waals surface area (Å²) in [5.74, 6) is -0.306. The summed E-state index contributed by atoms with van der Waals surface area (Å²) in [4.78, 5) is 23.0. The lowest BCUT2D eigenvalue weighted by atomic mass is 10.2. The summed E-state index contributed by atoms with van der Waals surface area (Å²) in [6, 6.07) is 5.23. The number of rotatable bonds is 4. The Labute approximate surface area is 119 Å². The predicted octanol–water partition coefficient (Wildman–Crippen LogP) is 3.34. The van der Waals surface area contributed by atoms with Crippen molar-refractivity contribution in [3.63, 3.8) is 0 Å². The number of aldehydes is 1. The van der Waals surface area contributed by atoms with Gasteiger partial charge in [-0.05, 0) is 24.6 Å². The minimum absolute atomic E-state index is 0.306. The van der Waals surface area contributed by atoms with E-state index in [1.807, 2.05) is 25.1 Å². The monoisotopic (exact) mass is 323 g/mol. The number of carbonyl (C=O) groups is 2. The van der Waals surface area contributed by atoms with Gasteiger partial charge in [-0.25, -0.2) is 4.79 Å². The molecule has 0 radical (unpaired) electrons. The minimum Gasteiger partial charge on any atom is -0.467 e. The number of hydrogen-bond donors (Lipinski definition) is 0. The van der Waals surface area contributed by atoms with Gasteiger partial charge in [0.05, 0.1) is 7.11 Å². The van der Waals surface area contributed by atoms with Crippen molar-refractivity contribution in [3.8, 4) is 0 Å². The number of benzene rings is 1. The van der Waals surface area contributed by atoms with E-state index in [-0.39, 0.29) is 5.97 Å². The highest BCUT2D eigenvalue weighted by atomic mass is 79.9. The Bertz CT molecular complexity index is 633. The molecule has 100 valence electrons. The molecule has 1 aromatic heterocycles. The van der Waals surface area contributed by atoms with Crippen molar-refractivity contribution >= 4 is 39.1 Å². The summed E-state index contributed by atoms with van der Waals surface area (Å²) < 4.78 is 7.51. The van der Waals surface area contributed by atoms with Crippen molar-refractivity contribution in [3.05, 3.63) is 34.4 Å². The fraction of sp³-hybridized carbons (Fsp3) is 0.286. The van der Waals surface area contributed by atoms with E-state index in [1.54, 1.807) is 10.8 Å². The highest BCUT2D eigenvalue weighted by molar-refractivity contribution is 9.10. The summed E-state index contributed by atoms with van der Waals surface area (Å²) in [5, 5.41) is 0.826. The van der Waals surface area contributed by atoms with E-state index in [2.05, 4.69) is 15.9 Å². The molecule has 2 rings (SSSR count). The summed E-state index contributed by atoms with van der Waals surface area (Å²) in [6.07, 6.45) is 3.11. The topological polar surface area (TPSA) is 48.3 Å².